The van der Waals surface area contributed by atoms with Crippen LogP contribution in [0.2, 0.25) is 0 Å². The van der Waals surface area contributed by atoms with Crippen LogP contribution in [0.4, 0.5) is 0 Å². The number of carbonyl (C=O) groups is 1. The first-order chi connectivity index (χ1) is 8.83. The Bertz CT molecular complexity index is 292. The number of hydrogen-bond acceptors (Lipinski definition) is 3. The van der Waals surface area contributed by atoms with Gasteiger partial charge in [0.1, 0.15) is 0 Å². The van der Waals surface area contributed by atoms with Gasteiger partial charge in [-0.05, 0) is 50.6 Å². The zero-order chi connectivity index (χ0) is 12.4. The second-order valence-electron chi connectivity index (χ2n) is 6.01. The lowest BCUT2D eigenvalue weighted by molar-refractivity contribution is -0.127. The van der Waals surface area contributed by atoms with E-state index in [9.17, 15) is 4.79 Å². The van der Waals surface area contributed by atoms with Gasteiger partial charge in [-0.15, -0.1) is 11.8 Å². The van der Waals surface area contributed by atoms with Crippen LogP contribution >= 0.6 is 11.8 Å². The molecule has 3 nitrogen and oxygen atoms in total. The first-order valence-electron chi connectivity index (χ1n) is 7.43. The van der Waals surface area contributed by atoms with Crippen LogP contribution in [0.15, 0.2) is 0 Å². The van der Waals surface area contributed by atoms with E-state index in [1.807, 2.05) is 11.8 Å². The minimum Gasteiger partial charge on any atom is -0.341 e. The van der Waals surface area contributed by atoms with E-state index in [0.717, 1.165) is 38.0 Å². The predicted octanol–water partition coefficient (Wildman–Crippen LogP) is 1.73. The molecule has 1 N–H and O–H groups in total. The molecule has 102 valence electrons. The van der Waals surface area contributed by atoms with E-state index in [2.05, 4.69) is 10.2 Å². The number of thioether (sulfide) groups is 1. The van der Waals surface area contributed by atoms with Crippen molar-refractivity contribution in [2.45, 2.75) is 37.4 Å². The van der Waals surface area contributed by atoms with Crippen LogP contribution in [0.25, 0.3) is 0 Å². The molecule has 0 bridgehead atoms. The Morgan fingerprint density at radius 3 is 2.44 bits per heavy atom. The minimum absolute atomic E-state index is 0.396. The summed E-state index contributed by atoms with van der Waals surface area (Å²) in [6.45, 7) is 4.35. The summed E-state index contributed by atoms with van der Waals surface area (Å²) in [5.41, 5.74) is 0. The topological polar surface area (TPSA) is 32.3 Å². The summed E-state index contributed by atoms with van der Waals surface area (Å²) in [6, 6.07) is 0. The van der Waals surface area contributed by atoms with Crippen molar-refractivity contribution in [1.82, 2.24) is 10.2 Å². The SMILES string of the molecule is O=C(CSC1CCNCC1)N1CC2CCCC2C1. The normalized spacial score (nSPS) is 32.8. The van der Waals surface area contributed by atoms with Crippen LogP contribution in [0, 0.1) is 11.8 Å². The highest BCUT2D eigenvalue weighted by Gasteiger charge is 2.37. The van der Waals surface area contributed by atoms with Crippen molar-refractivity contribution < 1.29 is 4.79 Å². The van der Waals surface area contributed by atoms with Crippen LogP contribution < -0.4 is 5.32 Å². The third-order valence-electron chi connectivity index (χ3n) is 4.81. The molecule has 0 spiro atoms. The van der Waals surface area contributed by atoms with E-state index in [0.29, 0.717) is 16.9 Å². The van der Waals surface area contributed by atoms with E-state index < -0.39 is 0 Å². The predicted molar refractivity (Wildman–Crippen MR) is 75.8 cm³/mol. The van der Waals surface area contributed by atoms with Crippen LogP contribution in [0.5, 0.6) is 0 Å². The van der Waals surface area contributed by atoms with Gasteiger partial charge < -0.3 is 10.2 Å². The molecular weight excluding hydrogens is 244 g/mol. The molecule has 3 aliphatic rings. The highest BCUT2D eigenvalue weighted by Crippen LogP contribution is 2.37. The lowest BCUT2D eigenvalue weighted by Gasteiger charge is -2.23. The fourth-order valence-corrected chi connectivity index (χ4v) is 4.81. The molecule has 1 aliphatic carbocycles. The number of nitrogens with zero attached hydrogens (tertiary/aromatic N) is 1. The van der Waals surface area contributed by atoms with Crippen LogP contribution in [0.3, 0.4) is 0 Å². The van der Waals surface area contributed by atoms with Crippen molar-refractivity contribution >= 4 is 17.7 Å². The second-order valence-corrected chi connectivity index (χ2v) is 7.30. The summed E-state index contributed by atoms with van der Waals surface area (Å²) in [4.78, 5) is 14.4. The number of likely N-dealkylation sites (tertiary alicyclic amines) is 1. The molecule has 3 rings (SSSR count). The first kappa shape index (κ1) is 12.8. The summed E-state index contributed by atoms with van der Waals surface area (Å²) in [7, 11) is 0. The first-order valence-corrected chi connectivity index (χ1v) is 8.48. The molecule has 2 heterocycles. The van der Waals surface area contributed by atoms with Gasteiger partial charge in [-0.25, -0.2) is 0 Å². The van der Waals surface area contributed by atoms with Gasteiger partial charge in [0.05, 0.1) is 5.75 Å². The van der Waals surface area contributed by atoms with Crippen LogP contribution in [-0.2, 0) is 4.79 Å². The van der Waals surface area contributed by atoms with E-state index in [-0.39, 0.29) is 0 Å². The van der Waals surface area contributed by atoms with Gasteiger partial charge in [-0.1, -0.05) is 6.42 Å². The zero-order valence-electron chi connectivity index (χ0n) is 11.1. The van der Waals surface area contributed by atoms with Gasteiger partial charge in [0.25, 0.3) is 0 Å². The van der Waals surface area contributed by atoms with Crippen molar-refractivity contribution in [2.24, 2.45) is 11.8 Å². The lowest BCUT2D eigenvalue weighted by atomic mass is 10.0. The molecule has 0 radical (unpaired) electrons. The standard InChI is InChI=1S/C14H24N2OS/c17-14(10-18-13-4-6-15-7-5-13)16-8-11-2-1-3-12(11)9-16/h11-13,15H,1-10H2. The Labute approximate surface area is 114 Å². The largest absolute Gasteiger partial charge is 0.341 e. The highest BCUT2D eigenvalue weighted by molar-refractivity contribution is 8.00. The number of nitrogens with one attached hydrogen (secondary N) is 1. The molecule has 3 fully saturated rings. The maximum Gasteiger partial charge on any atom is 0.232 e. The smallest absolute Gasteiger partial charge is 0.232 e. The fourth-order valence-electron chi connectivity index (χ4n) is 3.68. The number of rotatable bonds is 3. The van der Waals surface area contributed by atoms with Crippen molar-refractivity contribution in [2.75, 3.05) is 31.9 Å². The lowest BCUT2D eigenvalue weighted by Crippen LogP contribution is -2.33. The molecule has 2 unspecified atom stereocenters. The summed E-state index contributed by atoms with van der Waals surface area (Å²) in [5, 5.41) is 4.08. The third kappa shape index (κ3) is 2.85. The van der Waals surface area contributed by atoms with Crippen molar-refractivity contribution in [3.8, 4) is 0 Å². The molecule has 0 aromatic rings. The number of carbonyl (C=O) groups excluding carboxylic acids is 1. The van der Waals surface area contributed by atoms with Gasteiger partial charge in [0, 0.05) is 18.3 Å². The van der Waals surface area contributed by atoms with E-state index in [1.165, 1.54) is 32.1 Å². The van der Waals surface area contributed by atoms with Crippen LogP contribution in [-0.4, -0.2) is 48.0 Å². The molecule has 2 aliphatic heterocycles. The minimum atomic E-state index is 0.396. The molecule has 1 amide bonds. The Balaban J connectivity index is 1.41. The Hall–Kier alpha value is -0.220. The van der Waals surface area contributed by atoms with Gasteiger partial charge in [-0.3, -0.25) is 4.79 Å². The summed E-state index contributed by atoms with van der Waals surface area (Å²) >= 11 is 1.89. The number of hydrogen-bond donors (Lipinski definition) is 1. The Morgan fingerprint density at radius 1 is 1.11 bits per heavy atom. The van der Waals surface area contributed by atoms with Crippen molar-refractivity contribution in [1.29, 1.82) is 0 Å². The van der Waals surface area contributed by atoms with Gasteiger partial charge >= 0.3 is 0 Å². The Morgan fingerprint density at radius 2 is 1.78 bits per heavy atom. The molecule has 2 saturated heterocycles. The molecule has 4 heteroatoms. The summed E-state index contributed by atoms with van der Waals surface area (Å²) in [5.74, 6) is 2.77. The van der Waals surface area contributed by atoms with Gasteiger partial charge in [-0.2, -0.15) is 0 Å². The second kappa shape index (κ2) is 5.83. The van der Waals surface area contributed by atoms with E-state index in [4.69, 9.17) is 0 Å². The quantitative estimate of drug-likeness (QED) is 0.846. The molecule has 2 atom stereocenters. The number of piperidine rings is 1. The summed E-state index contributed by atoms with van der Waals surface area (Å²) < 4.78 is 0. The highest BCUT2D eigenvalue weighted by atomic mass is 32.2. The van der Waals surface area contributed by atoms with E-state index in [1.54, 1.807) is 0 Å². The summed E-state index contributed by atoms with van der Waals surface area (Å²) in [6.07, 6.45) is 6.55. The van der Waals surface area contributed by atoms with E-state index >= 15 is 0 Å². The molecule has 0 aromatic heterocycles. The monoisotopic (exact) mass is 268 g/mol. The van der Waals surface area contributed by atoms with Crippen molar-refractivity contribution in [3.05, 3.63) is 0 Å². The third-order valence-corrected chi connectivity index (χ3v) is 6.16. The van der Waals surface area contributed by atoms with Gasteiger partial charge in [0.15, 0.2) is 0 Å². The number of amides is 1. The average Bonchev–Trinajstić information content (AvgIpc) is 2.98. The van der Waals surface area contributed by atoms with Crippen LogP contribution in [0.1, 0.15) is 32.1 Å². The zero-order valence-corrected chi connectivity index (χ0v) is 11.9. The maximum atomic E-state index is 12.2. The van der Waals surface area contributed by atoms with Crippen molar-refractivity contribution in [3.63, 3.8) is 0 Å². The molecule has 1 saturated carbocycles. The van der Waals surface area contributed by atoms with Gasteiger partial charge in [0.2, 0.25) is 5.91 Å². The number of fused-ring (bicyclic) bond motifs is 1. The average molecular weight is 268 g/mol. The maximum absolute atomic E-state index is 12.2. The fraction of sp³-hybridized carbons (Fsp3) is 0.929. The Kier molecular flexibility index (Phi) is 4.14. The molecule has 18 heavy (non-hydrogen) atoms. The molecule has 0 aromatic carbocycles. The molecular formula is C14H24N2OS.